The Hall–Kier alpha value is -1.33. The first-order valence-corrected chi connectivity index (χ1v) is 8.26. The Labute approximate surface area is 140 Å². The number of rotatable bonds is 5. The average molecular weight is 367 g/mol. The maximum absolute atomic E-state index is 11.7. The first-order chi connectivity index (χ1) is 10.4. The van der Waals surface area contributed by atoms with Crippen LogP contribution in [0.1, 0.15) is 26.3 Å². The molecule has 1 aliphatic rings. The van der Waals surface area contributed by atoms with Crippen LogP contribution in [0, 0.1) is 5.41 Å². The molecule has 120 valence electrons. The monoisotopic (exact) mass is 366 g/mol. The quantitative estimate of drug-likeness (QED) is 0.787. The number of amides is 1. The van der Waals surface area contributed by atoms with Crippen LogP contribution in [0.2, 0.25) is 0 Å². The molecule has 2 rings (SSSR count). The highest BCUT2D eigenvalue weighted by molar-refractivity contribution is 9.10. The number of benzene rings is 1. The first kappa shape index (κ1) is 17.0. The van der Waals surface area contributed by atoms with Gasteiger partial charge in [-0.2, -0.15) is 0 Å². The SMILES string of the molecule is CC(C)(C)C(=O)NCCNCC1=Cc2cc(Br)ccc2OC1. The normalized spacial score (nSPS) is 13.9. The Kier molecular flexibility index (Phi) is 5.64. The summed E-state index contributed by atoms with van der Waals surface area (Å²) in [5.74, 6) is 0.998. The van der Waals surface area contributed by atoms with Crippen molar-refractivity contribution in [1.82, 2.24) is 10.6 Å². The van der Waals surface area contributed by atoms with Gasteiger partial charge < -0.3 is 15.4 Å². The van der Waals surface area contributed by atoms with Gasteiger partial charge in [-0.15, -0.1) is 0 Å². The molecule has 1 heterocycles. The van der Waals surface area contributed by atoms with E-state index in [1.807, 2.05) is 32.9 Å². The number of carbonyl (C=O) groups excluding carboxylic acids is 1. The van der Waals surface area contributed by atoms with Gasteiger partial charge in [0.15, 0.2) is 0 Å². The van der Waals surface area contributed by atoms with Crippen LogP contribution >= 0.6 is 15.9 Å². The van der Waals surface area contributed by atoms with E-state index in [1.165, 1.54) is 5.57 Å². The molecule has 0 spiro atoms. The third-order valence-corrected chi connectivity index (χ3v) is 3.86. The third kappa shape index (κ3) is 4.85. The Balaban J connectivity index is 1.75. The van der Waals surface area contributed by atoms with Crippen molar-refractivity contribution in [2.45, 2.75) is 20.8 Å². The smallest absolute Gasteiger partial charge is 0.225 e. The topological polar surface area (TPSA) is 50.4 Å². The number of nitrogens with one attached hydrogen (secondary N) is 2. The number of carbonyl (C=O) groups is 1. The number of halogens is 1. The summed E-state index contributed by atoms with van der Waals surface area (Å²) in [5, 5.41) is 6.26. The van der Waals surface area contributed by atoms with E-state index in [4.69, 9.17) is 4.74 Å². The van der Waals surface area contributed by atoms with Gasteiger partial charge in [0.05, 0.1) is 0 Å². The molecule has 0 saturated carbocycles. The zero-order valence-corrected chi connectivity index (χ0v) is 14.9. The molecule has 1 aromatic carbocycles. The zero-order chi connectivity index (χ0) is 16.2. The highest BCUT2D eigenvalue weighted by Gasteiger charge is 2.20. The highest BCUT2D eigenvalue weighted by Crippen LogP contribution is 2.28. The van der Waals surface area contributed by atoms with Gasteiger partial charge in [0, 0.05) is 35.1 Å². The van der Waals surface area contributed by atoms with Crippen LogP contribution < -0.4 is 15.4 Å². The van der Waals surface area contributed by atoms with Crippen molar-refractivity contribution in [3.8, 4) is 5.75 Å². The Bertz CT molecular complexity index is 577. The van der Waals surface area contributed by atoms with Crippen LogP contribution in [-0.2, 0) is 4.79 Å². The van der Waals surface area contributed by atoms with Gasteiger partial charge in [0.1, 0.15) is 12.4 Å². The molecule has 4 nitrogen and oxygen atoms in total. The second-order valence-electron chi connectivity index (χ2n) is 6.46. The van der Waals surface area contributed by atoms with Gasteiger partial charge in [-0.25, -0.2) is 0 Å². The summed E-state index contributed by atoms with van der Waals surface area (Å²) in [6, 6.07) is 6.01. The van der Waals surface area contributed by atoms with E-state index in [-0.39, 0.29) is 11.3 Å². The molecule has 0 aliphatic carbocycles. The molecule has 0 unspecified atom stereocenters. The van der Waals surface area contributed by atoms with Crippen LogP contribution in [0.15, 0.2) is 28.2 Å². The molecule has 1 amide bonds. The van der Waals surface area contributed by atoms with Crippen LogP contribution in [0.4, 0.5) is 0 Å². The van der Waals surface area contributed by atoms with Crippen molar-refractivity contribution >= 4 is 27.9 Å². The Morgan fingerprint density at radius 1 is 1.32 bits per heavy atom. The molecule has 1 aromatic rings. The predicted octanol–water partition coefficient (Wildman–Crippen LogP) is 2.98. The maximum Gasteiger partial charge on any atom is 0.225 e. The molecular weight excluding hydrogens is 344 g/mol. The van der Waals surface area contributed by atoms with E-state index < -0.39 is 0 Å². The summed E-state index contributed by atoms with van der Waals surface area (Å²) in [4.78, 5) is 11.7. The van der Waals surface area contributed by atoms with E-state index >= 15 is 0 Å². The summed E-state index contributed by atoms with van der Waals surface area (Å²) < 4.78 is 6.78. The molecule has 0 saturated heterocycles. The predicted molar refractivity (Wildman–Crippen MR) is 92.9 cm³/mol. The van der Waals surface area contributed by atoms with Crippen LogP contribution in [-0.4, -0.2) is 32.1 Å². The summed E-state index contributed by atoms with van der Waals surface area (Å²) >= 11 is 3.47. The van der Waals surface area contributed by atoms with E-state index in [9.17, 15) is 4.79 Å². The van der Waals surface area contributed by atoms with E-state index in [1.54, 1.807) is 0 Å². The second kappa shape index (κ2) is 7.29. The van der Waals surface area contributed by atoms with E-state index in [2.05, 4.69) is 38.7 Å². The summed E-state index contributed by atoms with van der Waals surface area (Å²) in [5.41, 5.74) is 1.96. The molecular formula is C17H23BrN2O2. The standard InChI is InChI=1S/C17H23BrN2O2/c1-17(2,3)16(21)20-7-6-19-10-12-8-13-9-14(18)4-5-15(13)22-11-12/h4-5,8-9,19H,6-7,10-11H2,1-3H3,(H,20,21). The lowest BCUT2D eigenvalue weighted by Crippen LogP contribution is -2.39. The lowest BCUT2D eigenvalue weighted by Gasteiger charge is -2.19. The van der Waals surface area contributed by atoms with Gasteiger partial charge in [0.2, 0.25) is 5.91 Å². The van der Waals surface area contributed by atoms with E-state index in [0.29, 0.717) is 13.2 Å². The molecule has 0 aromatic heterocycles. The summed E-state index contributed by atoms with van der Waals surface area (Å²) in [6.45, 7) is 8.48. The fourth-order valence-electron chi connectivity index (χ4n) is 2.08. The van der Waals surface area contributed by atoms with Gasteiger partial charge in [-0.1, -0.05) is 36.7 Å². The minimum atomic E-state index is -0.336. The van der Waals surface area contributed by atoms with Gasteiger partial charge in [0.25, 0.3) is 0 Å². The third-order valence-electron chi connectivity index (χ3n) is 3.37. The van der Waals surface area contributed by atoms with Crippen LogP contribution in [0.5, 0.6) is 5.75 Å². The van der Waals surface area contributed by atoms with E-state index in [0.717, 1.165) is 28.9 Å². The van der Waals surface area contributed by atoms with Crippen molar-refractivity contribution in [2.75, 3.05) is 26.2 Å². The lowest BCUT2D eigenvalue weighted by molar-refractivity contribution is -0.128. The number of ether oxygens (including phenoxy) is 1. The highest BCUT2D eigenvalue weighted by atomic mass is 79.9. The first-order valence-electron chi connectivity index (χ1n) is 7.47. The Morgan fingerprint density at radius 3 is 2.82 bits per heavy atom. The molecule has 0 bridgehead atoms. The number of fused-ring (bicyclic) bond motifs is 1. The minimum absolute atomic E-state index is 0.0771. The minimum Gasteiger partial charge on any atom is -0.489 e. The zero-order valence-electron chi connectivity index (χ0n) is 13.3. The molecule has 22 heavy (non-hydrogen) atoms. The van der Waals surface area contributed by atoms with Gasteiger partial charge in [-0.3, -0.25) is 4.79 Å². The van der Waals surface area contributed by atoms with Crippen molar-refractivity contribution in [3.63, 3.8) is 0 Å². The molecule has 1 aliphatic heterocycles. The average Bonchev–Trinajstić information content (AvgIpc) is 2.45. The van der Waals surface area contributed by atoms with Crippen molar-refractivity contribution in [2.24, 2.45) is 5.41 Å². The molecule has 0 radical (unpaired) electrons. The van der Waals surface area contributed by atoms with Crippen LogP contribution in [0.3, 0.4) is 0 Å². The molecule has 0 fully saturated rings. The lowest BCUT2D eigenvalue weighted by atomic mass is 9.96. The van der Waals surface area contributed by atoms with Gasteiger partial charge in [-0.05, 0) is 29.8 Å². The molecule has 0 atom stereocenters. The Morgan fingerprint density at radius 2 is 2.09 bits per heavy atom. The maximum atomic E-state index is 11.7. The molecule has 2 N–H and O–H groups in total. The van der Waals surface area contributed by atoms with Crippen molar-refractivity contribution in [1.29, 1.82) is 0 Å². The molecule has 5 heteroatoms. The van der Waals surface area contributed by atoms with Crippen LogP contribution in [0.25, 0.3) is 6.08 Å². The van der Waals surface area contributed by atoms with Gasteiger partial charge >= 0.3 is 0 Å². The second-order valence-corrected chi connectivity index (χ2v) is 7.37. The summed E-state index contributed by atoms with van der Waals surface area (Å²) in [6.07, 6.45) is 2.16. The largest absolute Gasteiger partial charge is 0.489 e. The van der Waals surface area contributed by atoms with Crippen molar-refractivity contribution < 1.29 is 9.53 Å². The number of hydrogen-bond acceptors (Lipinski definition) is 3. The fourth-order valence-corrected chi connectivity index (χ4v) is 2.45. The summed E-state index contributed by atoms with van der Waals surface area (Å²) in [7, 11) is 0. The van der Waals surface area contributed by atoms with Crippen molar-refractivity contribution in [3.05, 3.63) is 33.8 Å². The fraction of sp³-hybridized carbons (Fsp3) is 0.471. The number of hydrogen-bond donors (Lipinski definition) is 2.